The highest BCUT2D eigenvalue weighted by atomic mass is 15.3. The van der Waals surface area contributed by atoms with Crippen molar-refractivity contribution >= 4 is 0 Å². The van der Waals surface area contributed by atoms with E-state index >= 15 is 0 Å². The van der Waals surface area contributed by atoms with Gasteiger partial charge in [0.1, 0.15) is 0 Å². The van der Waals surface area contributed by atoms with Crippen molar-refractivity contribution in [2.75, 3.05) is 0 Å². The smallest absolute Gasteiger partial charge is 0.0705 e. The summed E-state index contributed by atoms with van der Waals surface area (Å²) < 4.78 is 1.78. The van der Waals surface area contributed by atoms with Gasteiger partial charge in [0.05, 0.1) is 17.7 Å². The van der Waals surface area contributed by atoms with Crippen molar-refractivity contribution in [3.8, 4) is 11.8 Å². The lowest BCUT2D eigenvalue weighted by molar-refractivity contribution is 0.846. The van der Waals surface area contributed by atoms with E-state index in [1.807, 2.05) is 43.5 Å². The Morgan fingerprint density at radius 2 is 2.13 bits per heavy atom. The summed E-state index contributed by atoms with van der Waals surface area (Å²) in [7, 11) is 0. The van der Waals surface area contributed by atoms with E-state index < -0.39 is 0 Å². The molecule has 1 atom stereocenters. The van der Waals surface area contributed by atoms with E-state index in [-0.39, 0.29) is 5.92 Å². The average molecular weight is 197 g/mol. The van der Waals surface area contributed by atoms with Gasteiger partial charge in [0.15, 0.2) is 0 Å². The topological polar surface area (TPSA) is 41.6 Å². The first-order valence-corrected chi connectivity index (χ1v) is 4.81. The second-order valence-corrected chi connectivity index (χ2v) is 3.36. The molecule has 0 fully saturated rings. The van der Waals surface area contributed by atoms with Gasteiger partial charge in [-0.3, -0.25) is 0 Å². The molecule has 1 unspecified atom stereocenters. The molecule has 0 amide bonds. The number of aromatic nitrogens is 2. The van der Waals surface area contributed by atoms with Crippen molar-refractivity contribution in [2.24, 2.45) is 0 Å². The quantitative estimate of drug-likeness (QED) is 0.742. The van der Waals surface area contributed by atoms with E-state index in [0.717, 1.165) is 11.3 Å². The molecule has 2 aromatic rings. The van der Waals surface area contributed by atoms with Crippen molar-refractivity contribution in [3.63, 3.8) is 0 Å². The molecule has 1 aromatic heterocycles. The fraction of sp³-hybridized carbons (Fsp3) is 0.167. The highest BCUT2D eigenvalue weighted by molar-refractivity contribution is 5.44. The summed E-state index contributed by atoms with van der Waals surface area (Å²) in [4.78, 5) is 0. The standard InChI is InChI=1S/C12H11N3/c1-10(9-13)11-5-2-3-6-12(11)15-8-4-7-14-15/h2-8,10H,1H3. The van der Waals surface area contributed by atoms with E-state index in [2.05, 4.69) is 11.2 Å². The third-order valence-electron chi connectivity index (χ3n) is 2.35. The highest BCUT2D eigenvalue weighted by Gasteiger charge is 2.10. The van der Waals surface area contributed by atoms with Crippen LogP contribution in [0.5, 0.6) is 0 Å². The molecule has 0 N–H and O–H groups in total. The monoisotopic (exact) mass is 197 g/mol. The van der Waals surface area contributed by atoms with Gasteiger partial charge >= 0.3 is 0 Å². The molecule has 0 saturated carbocycles. The number of benzene rings is 1. The van der Waals surface area contributed by atoms with E-state index in [1.165, 1.54) is 0 Å². The second kappa shape index (κ2) is 3.97. The summed E-state index contributed by atoms with van der Waals surface area (Å²) in [6.45, 7) is 1.89. The first-order chi connectivity index (χ1) is 7.33. The molecule has 0 bridgehead atoms. The molecule has 15 heavy (non-hydrogen) atoms. The van der Waals surface area contributed by atoms with Crippen molar-refractivity contribution in [1.29, 1.82) is 5.26 Å². The van der Waals surface area contributed by atoms with Crippen LogP contribution in [0.25, 0.3) is 5.69 Å². The Hall–Kier alpha value is -2.08. The van der Waals surface area contributed by atoms with E-state index in [9.17, 15) is 0 Å². The van der Waals surface area contributed by atoms with Crippen molar-refractivity contribution in [3.05, 3.63) is 48.3 Å². The van der Waals surface area contributed by atoms with Crippen LogP contribution in [-0.4, -0.2) is 9.78 Å². The maximum atomic E-state index is 8.93. The van der Waals surface area contributed by atoms with Gasteiger partial charge in [-0.15, -0.1) is 0 Å². The normalized spacial score (nSPS) is 12.0. The van der Waals surface area contributed by atoms with Crippen LogP contribution >= 0.6 is 0 Å². The minimum absolute atomic E-state index is 0.120. The summed E-state index contributed by atoms with van der Waals surface area (Å²) >= 11 is 0. The Kier molecular flexibility index (Phi) is 2.51. The molecule has 0 radical (unpaired) electrons. The van der Waals surface area contributed by atoms with Crippen molar-refractivity contribution < 1.29 is 0 Å². The zero-order valence-corrected chi connectivity index (χ0v) is 8.46. The fourth-order valence-electron chi connectivity index (χ4n) is 1.54. The Morgan fingerprint density at radius 1 is 1.33 bits per heavy atom. The van der Waals surface area contributed by atoms with Gasteiger partial charge < -0.3 is 0 Å². The second-order valence-electron chi connectivity index (χ2n) is 3.36. The Balaban J connectivity index is 2.53. The van der Waals surface area contributed by atoms with Gasteiger partial charge in [-0.25, -0.2) is 4.68 Å². The Labute approximate surface area is 88.6 Å². The lowest BCUT2D eigenvalue weighted by Gasteiger charge is -2.10. The van der Waals surface area contributed by atoms with Crippen molar-refractivity contribution in [1.82, 2.24) is 9.78 Å². The fourth-order valence-corrected chi connectivity index (χ4v) is 1.54. The number of para-hydroxylation sites is 1. The van der Waals surface area contributed by atoms with Crippen LogP contribution in [-0.2, 0) is 0 Å². The van der Waals surface area contributed by atoms with E-state index in [4.69, 9.17) is 5.26 Å². The molecular formula is C12H11N3. The number of hydrogen-bond donors (Lipinski definition) is 0. The number of hydrogen-bond acceptors (Lipinski definition) is 2. The number of nitrogens with zero attached hydrogens (tertiary/aromatic N) is 3. The molecule has 3 nitrogen and oxygen atoms in total. The molecule has 0 saturated heterocycles. The molecule has 0 aliphatic carbocycles. The maximum absolute atomic E-state index is 8.93. The summed E-state index contributed by atoms with van der Waals surface area (Å²) in [5.74, 6) is -0.120. The van der Waals surface area contributed by atoms with E-state index in [1.54, 1.807) is 10.9 Å². The van der Waals surface area contributed by atoms with Crippen LogP contribution in [0.3, 0.4) is 0 Å². The summed E-state index contributed by atoms with van der Waals surface area (Å²) in [6.07, 6.45) is 3.61. The van der Waals surface area contributed by atoms with Crippen molar-refractivity contribution in [2.45, 2.75) is 12.8 Å². The molecule has 3 heteroatoms. The first kappa shape index (κ1) is 9.47. The highest BCUT2D eigenvalue weighted by Crippen LogP contribution is 2.21. The summed E-state index contributed by atoms with van der Waals surface area (Å²) in [6, 6.07) is 11.9. The SMILES string of the molecule is CC(C#N)c1ccccc1-n1cccn1. The van der Waals surface area contributed by atoms with Gasteiger partial charge in [-0.05, 0) is 24.6 Å². The molecule has 1 heterocycles. The van der Waals surface area contributed by atoms with Gasteiger partial charge in [-0.2, -0.15) is 10.4 Å². The third kappa shape index (κ3) is 1.75. The van der Waals surface area contributed by atoms with Crippen LogP contribution in [0.1, 0.15) is 18.4 Å². The Bertz CT molecular complexity index is 480. The molecule has 0 spiro atoms. The molecule has 1 aromatic carbocycles. The zero-order valence-electron chi connectivity index (χ0n) is 8.46. The predicted octanol–water partition coefficient (Wildman–Crippen LogP) is 2.50. The predicted molar refractivity (Wildman–Crippen MR) is 57.6 cm³/mol. The van der Waals surface area contributed by atoms with Crippen LogP contribution in [0.4, 0.5) is 0 Å². The average Bonchev–Trinajstić information content (AvgIpc) is 2.81. The molecule has 74 valence electrons. The van der Waals surface area contributed by atoms with Crippen LogP contribution in [0.15, 0.2) is 42.7 Å². The van der Waals surface area contributed by atoms with Gasteiger partial charge in [-0.1, -0.05) is 18.2 Å². The zero-order chi connectivity index (χ0) is 10.7. The lowest BCUT2D eigenvalue weighted by atomic mass is 10.0. The largest absolute Gasteiger partial charge is 0.241 e. The van der Waals surface area contributed by atoms with Gasteiger partial charge in [0.2, 0.25) is 0 Å². The van der Waals surface area contributed by atoms with Crippen LogP contribution < -0.4 is 0 Å². The maximum Gasteiger partial charge on any atom is 0.0705 e. The van der Waals surface area contributed by atoms with Crippen LogP contribution in [0.2, 0.25) is 0 Å². The van der Waals surface area contributed by atoms with Gasteiger partial charge in [0, 0.05) is 12.4 Å². The molecule has 0 aliphatic rings. The number of rotatable bonds is 2. The van der Waals surface area contributed by atoms with Crippen LogP contribution in [0, 0.1) is 11.3 Å². The molecular weight excluding hydrogens is 186 g/mol. The molecule has 0 aliphatic heterocycles. The minimum Gasteiger partial charge on any atom is -0.241 e. The first-order valence-electron chi connectivity index (χ1n) is 4.81. The summed E-state index contributed by atoms with van der Waals surface area (Å²) in [5.41, 5.74) is 1.97. The third-order valence-corrected chi connectivity index (χ3v) is 2.35. The Morgan fingerprint density at radius 3 is 2.80 bits per heavy atom. The summed E-state index contributed by atoms with van der Waals surface area (Å²) in [5, 5.41) is 13.1. The number of nitriles is 1. The molecule has 2 rings (SSSR count). The minimum atomic E-state index is -0.120. The lowest BCUT2D eigenvalue weighted by Crippen LogP contribution is -2.01. The van der Waals surface area contributed by atoms with E-state index in [0.29, 0.717) is 0 Å². The van der Waals surface area contributed by atoms with Gasteiger partial charge in [0.25, 0.3) is 0 Å².